The topological polar surface area (TPSA) is 85.8 Å². The first-order valence-electron chi connectivity index (χ1n) is 5.37. The molecule has 0 radical (unpaired) electrons. The van der Waals surface area contributed by atoms with Gasteiger partial charge in [0.25, 0.3) is 0 Å². The van der Waals surface area contributed by atoms with Crippen molar-refractivity contribution < 1.29 is 4.79 Å². The Bertz CT molecular complexity index is 636. The van der Waals surface area contributed by atoms with E-state index in [0.29, 0.717) is 12.1 Å². The summed E-state index contributed by atoms with van der Waals surface area (Å²) in [4.78, 5) is 16.3. The first kappa shape index (κ1) is 11.1. The highest BCUT2D eigenvalue weighted by atomic mass is 32.2. The van der Waals surface area contributed by atoms with E-state index in [9.17, 15) is 4.79 Å². The molecule has 1 aromatic carbocycles. The number of benzene rings is 1. The van der Waals surface area contributed by atoms with Gasteiger partial charge in [0.2, 0.25) is 5.91 Å². The number of rotatable bonds is 2. The zero-order valence-electron chi connectivity index (χ0n) is 9.67. The van der Waals surface area contributed by atoms with Crippen molar-refractivity contribution >= 4 is 29.0 Å². The molecule has 0 unspecified atom stereocenters. The number of fused-ring (bicyclic) bond motifs is 1. The third-order valence-corrected chi connectivity index (χ3v) is 3.86. The Morgan fingerprint density at radius 3 is 3.06 bits per heavy atom. The van der Waals surface area contributed by atoms with Crippen molar-refractivity contribution in [3.8, 4) is 0 Å². The fourth-order valence-electron chi connectivity index (χ4n) is 1.84. The van der Waals surface area contributed by atoms with Crippen molar-refractivity contribution in [3.05, 3.63) is 24.0 Å². The molecule has 18 heavy (non-hydrogen) atoms. The van der Waals surface area contributed by atoms with Crippen molar-refractivity contribution in [3.63, 3.8) is 0 Å². The highest BCUT2D eigenvalue weighted by molar-refractivity contribution is 7.99. The number of anilines is 2. The van der Waals surface area contributed by atoms with Gasteiger partial charge in [0.05, 0.1) is 6.42 Å². The number of aromatic nitrogens is 3. The predicted octanol–water partition coefficient (Wildman–Crippen LogP) is 1.04. The van der Waals surface area contributed by atoms with Gasteiger partial charge in [0, 0.05) is 23.3 Å². The van der Waals surface area contributed by atoms with Gasteiger partial charge in [0.15, 0.2) is 5.16 Å². The highest BCUT2D eigenvalue weighted by Gasteiger charge is 2.20. The Hall–Kier alpha value is -2.02. The van der Waals surface area contributed by atoms with Crippen LogP contribution in [0.2, 0.25) is 0 Å². The van der Waals surface area contributed by atoms with Crippen LogP contribution in [0.4, 0.5) is 11.4 Å². The van der Waals surface area contributed by atoms with Crippen molar-refractivity contribution in [1.29, 1.82) is 0 Å². The Labute approximate surface area is 108 Å². The van der Waals surface area contributed by atoms with Crippen LogP contribution in [-0.4, -0.2) is 20.7 Å². The second-order valence-electron chi connectivity index (χ2n) is 4.04. The van der Waals surface area contributed by atoms with Gasteiger partial charge in [-0.05, 0) is 29.5 Å². The number of amides is 1. The van der Waals surface area contributed by atoms with Crippen molar-refractivity contribution in [2.45, 2.75) is 16.5 Å². The lowest BCUT2D eigenvalue weighted by Gasteiger charge is -2.07. The van der Waals surface area contributed by atoms with Gasteiger partial charge in [-0.25, -0.2) is 9.67 Å². The smallest absolute Gasteiger partial charge is 0.228 e. The van der Waals surface area contributed by atoms with Crippen molar-refractivity contribution in [1.82, 2.24) is 14.8 Å². The van der Waals surface area contributed by atoms with E-state index >= 15 is 0 Å². The molecule has 2 aromatic rings. The lowest BCUT2D eigenvalue weighted by molar-refractivity contribution is -0.115. The monoisotopic (exact) mass is 261 g/mol. The number of nitrogen functional groups attached to an aromatic ring is 1. The van der Waals surface area contributed by atoms with E-state index in [1.54, 1.807) is 4.68 Å². The number of carbonyl (C=O) groups excluding carboxylic acids is 1. The SMILES string of the molecule is Cn1ncnc1Sc1cc2c(cc1N)CC(=O)N2. The van der Waals surface area contributed by atoms with Gasteiger partial charge < -0.3 is 11.1 Å². The molecule has 0 spiro atoms. The van der Waals surface area contributed by atoms with E-state index in [4.69, 9.17) is 5.73 Å². The lowest BCUT2D eigenvalue weighted by Crippen LogP contribution is -2.03. The van der Waals surface area contributed by atoms with Gasteiger partial charge in [0.1, 0.15) is 6.33 Å². The third kappa shape index (κ3) is 1.82. The maximum absolute atomic E-state index is 11.3. The molecular weight excluding hydrogens is 250 g/mol. The maximum Gasteiger partial charge on any atom is 0.228 e. The van der Waals surface area contributed by atoms with Gasteiger partial charge in [-0.1, -0.05) is 0 Å². The molecule has 0 aliphatic carbocycles. The zero-order valence-corrected chi connectivity index (χ0v) is 10.5. The van der Waals surface area contributed by atoms with E-state index in [-0.39, 0.29) is 5.91 Å². The fourth-order valence-corrected chi connectivity index (χ4v) is 2.67. The van der Waals surface area contributed by atoms with Crippen molar-refractivity contribution in [2.75, 3.05) is 11.1 Å². The summed E-state index contributed by atoms with van der Waals surface area (Å²) in [6.07, 6.45) is 1.89. The molecule has 0 saturated heterocycles. The molecule has 0 fully saturated rings. The molecule has 2 heterocycles. The number of aryl methyl sites for hydroxylation is 1. The molecule has 7 heteroatoms. The molecule has 1 aliphatic rings. The maximum atomic E-state index is 11.3. The van der Waals surface area contributed by atoms with Crippen LogP contribution in [0.1, 0.15) is 5.56 Å². The zero-order chi connectivity index (χ0) is 12.7. The van der Waals surface area contributed by atoms with Crippen LogP contribution < -0.4 is 11.1 Å². The van der Waals surface area contributed by atoms with Gasteiger partial charge >= 0.3 is 0 Å². The van der Waals surface area contributed by atoms with E-state index in [0.717, 1.165) is 21.3 Å². The summed E-state index contributed by atoms with van der Waals surface area (Å²) in [6, 6.07) is 3.72. The first-order chi connectivity index (χ1) is 8.63. The van der Waals surface area contributed by atoms with Crippen LogP contribution in [0.5, 0.6) is 0 Å². The number of nitrogens with two attached hydrogens (primary N) is 1. The highest BCUT2D eigenvalue weighted by Crippen LogP contribution is 2.36. The Balaban J connectivity index is 1.96. The molecule has 0 bridgehead atoms. The van der Waals surface area contributed by atoms with E-state index < -0.39 is 0 Å². The summed E-state index contributed by atoms with van der Waals surface area (Å²) >= 11 is 1.43. The van der Waals surface area contributed by atoms with Crippen LogP contribution in [-0.2, 0) is 18.3 Å². The van der Waals surface area contributed by atoms with Crippen LogP contribution in [0, 0.1) is 0 Å². The Kier molecular flexibility index (Phi) is 2.48. The molecule has 3 rings (SSSR count). The molecule has 1 aromatic heterocycles. The first-order valence-corrected chi connectivity index (χ1v) is 6.19. The van der Waals surface area contributed by atoms with Crippen molar-refractivity contribution in [2.24, 2.45) is 7.05 Å². The van der Waals surface area contributed by atoms with E-state index in [1.165, 1.54) is 18.1 Å². The molecule has 1 aliphatic heterocycles. The molecular formula is C11H11N5OS. The summed E-state index contributed by atoms with van der Waals surface area (Å²) in [6.45, 7) is 0. The Morgan fingerprint density at radius 1 is 1.50 bits per heavy atom. The molecule has 0 saturated carbocycles. The largest absolute Gasteiger partial charge is 0.398 e. The van der Waals surface area contributed by atoms with Crippen LogP contribution in [0.25, 0.3) is 0 Å². The number of carbonyl (C=O) groups is 1. The molecule has 1 amide bonds. The molecule has 0 atom stereocenters. The number of hydrogen-bond acceptors (Lipinski definition) is 5. The standard InChI is InChI=1S/C11H11N5OS/c1-16-11(13-5-14-16)18-9-4-8-6(2-7(9)12)3-10(17)15-8/h2,4-5H,3,12H2,1H3,(H,15,17). The van der Waals surface area contributed by atoms with Crippen LogP contribution in [0.15, 0.2) is 28.5 Å². The van der Waals surface area contributed by atoms with Gasteiger partial charge in [-0.2, -0.15) is 5.10 Å². The Morgan fingerprint density at radius 2 is 2.33 bits per heavy atom. The lowest BCUT2D eigenvalue weighted by atomic mass is 10.1. The minimum Gasteiger partial charge on any atom is -0.398 e. The number of nitrogens with one attached hydrogen (secondary N) is 1. The van der Waals surface area contributed by atoms with Crippen LogP contribution in [0.3, 0.4) is 0 Å². The molecule has 3 N–H and O–H groups in total. The van der Waals surface area contributed by atoms with E-state index in [1.807, 2.05) is 19.2 Å². The van der Waals surface area contributed by atoms with Gasteiger partial charge in [-0.3, -0.25) is 4.79 Å². The molecule has 6 nitrogen and oxygen atoms in total. The summed E-state index contributed by atoms with van der Waals surface area (Å²) in [7, 11) is 1.82. The average molecular weight is 261 g/mol. The second kappa shape index (κ2) is 4.02. The summed E-state index contributed by atoms with van der Waals surface area (Å²) in [5.74, 6) is 0.00482. The normalized spacial score (nSPS) is 13.5. The minimum absolute atomic E-state index is 0.00482. The number of nitrogens with zero attached hydrogens (tertiary/aromatic N) is 3. The van der Waals surface area contributed by atoms with E-state index in [2.05, 4.69) is 15.4 Å². The summed E-state index contributed by atoms with van der Waals surface area (Å²) < 4.78 is 1.68. The number of hydrogen-bond donors (Lipinski definition) is 2. The summed E-state index contributed by atoms with van der Waals surface area (Å²) in [5.41, 5.74) is 8.42. The fraction of sp³-hybridized carbons (Fsp3) is 0.182. The van der Waals surface area contributed by atoms with Gasteiger partial charge in [-0.15, -0.1) is 0 Å². The molecule has 92 valence electrons. The van der Waals surface area contributed by atoms with Crippen LogP contribution >= 0.6 is 11.8 Å². The minimum atomic E-state index is 0.00482. The second-order valence-corrected chi connectivity index (χ2v) is 5.05. The summed E-state index contributed by atoms with van der Waals surface area (Å²) in [5, 5.41) is 7.57. The third-order valence-electron chi connectivity index (χ3n) is 2.73. The quantitative estimate of drug-likeness (QED) is 0.789. The average Bonchev–Trinajstić information content (AvgIpc) is 2.85. The predicted molar refractivity (Wildman–Crippen MR) is 68.3 cm³/mol.